The van der Waals surface area contributed by atoms with Crippen LogP contribution in [-0.4, -0.2) is 65.8 Å². The summed E-state index contributed by atoms with van der Waals surface area (Å²) in [6.07, 6.45) is 13.2. The molecule has 0 aromatic carbocycles. The number of nitrogens with one attached hydrogen (secondary N) is 1. The van der Waals surface area contributed by atoms with E-state index in [1.165, 1.54) is 35.2 Å². The minimum Gasteiger partial charge on any atom is -0.467 e. The summed E-state index contributed by atoms with van der Waals surface area (Å²) in [7, 11) is 2.22. The van der Waals surface area contributed by atoms with Crippen LogP contribution >= 0.6 is 0 Å². The molecule has 4 fully saturated rings. The van der Waals surface area contributed by atoms with E-state index in [0.717, 1.165) is 96.3 Å². The second kappa shape index (κ2) is 12.7. The van der Waals surface area contributed by atoms with E-state index in [0.29, 0.717) is 24.3 Å². The summed E-state index contributed by atoms with van der Waals surface area (Å²) in [5.74, 6) is 2.95. The molecular formula is C45H69N5O3. The maximum atomic E-state index is 14.7. The summed E-state index contributed by atoms with van der Waals surface area (Å²) in [5, 5.41) is 8.00. The van der Waals surface area contributed by atoms with Crippen LogP contribution in [0.25, 0.3) is 5.57 Å². The number of aromatic amines is 1. The Balaban J connectivity index is 1.32. The largest absolute Gasteiger partial charge is 0.467 e. The lowest BCUT2D eigenvalue weighted by Crippen LogP contribution is -2.65. The molecule has 0 amide bonds. The Bertz CT molecular complexity index is 1760. The number of piperazine rings is 1. The Morgan fingerprint density at radius 2 is 1.75 bits per heavy atom. The first-order valence-electron chi connectivity index (χ1n) is 21.2. The van der Waals surface area contributed by atoms with E-state index in [2.05, 4.69) is 88.5 Å². The Kier molecular flexibility index (Phi) is 8.97. The maximum Gasteiger partial charge on any atom is 0.312 e. The van der Waals surface area contributed by atoms with Gasteiger partial charge in [-0.25, -0.2) is 0 Å². The monoisotopic (exact) mass is 728 g/mol. The van der Waals surface area contributed by atoms with Gasteiger partial charge in [-0.3, -0.25) is 14.8 Å². The molecule has 6 aliphatic rings. The number of allylic oxidation sites excluding steroid dienone is 2. The Hall–Kier alpha value is -2.58. The smallest absolute Gasteiger partial charge is 0.312 e. The summed E-state index contributed by atoms with van der Waals surface area (Å²) in [5.41, 5.74) is 13.2. The summed E-state index contributed by atoms with van der Waals surface area (Å²) in [6.45, 7) is 25.5. The molecule has 3 N–H and O–H groups in total. The number of carbonyl (C=O) groups excluding carboxylic acids is 1. The van der Waals surface area contributed by atoms with Gasteiger partial charge in [0.25, 0.3) is 0 Å². The summed E-state index contributed by atoms with van der Waals surface area (Å²) in [4.78, 5) is 19.7. The van der Waals surface area contributed by atoms with Gasteiger partial charge in [-0.15, -0.1) is 0 Å². The molecule has 5 aliphatic carbocycles. The first-order chi connectivity index (χ1) is 25.0. The zero-order valence-electron chi connectivity index (χ0n) is 34.6. The maximum absolute atomic E-state index is 14.7. The van der Waals surface area contributed by atoms with Crippen molar-refractivity contribution in [3.05, 3.63) is 40.5 Å². The molecule has 292 valence electrons. The van der Waals surface area contributed by atoms with Crippen molar-refractivity contribution in [2.45, 2.75) is 138 Å². The van der Waals surface area contributed by atoms with Crippen LogP contribution in [0.15, 0.2) is 22.3 Å². The number of hydrogen-bond donors (Lipinski definition) is 2. The predicted molar refractivity (Wildman–Crippen MR) is 212 cm³/mol. The topological polar surface area (TPSA) is 101 Å². The molecule has 0 spiro atoms. The number of ether oxygens (including phenoxy) is 1. The van der Waals surface area contributed by atoms with Gasteiger partial charge in [0.05, 0.1) is 24.8 Å². The lowest BCUT2D eigenvalue weighted by atomic mass is 9.32. The minimum absolute atomic E-state index is 0.0299. The Morgan fingerprint density at radius 1 is 1.02 bits per heavy atom. The average molecular weight is 728 g/mol. The van der Waals surface area contributed by atoms with Crippen LogP contribution in [0.4, 0.5) is 5.82 Å². The van der Waals surface area contributed by atoms with Crippen LogP contribution in [0.1, 0.15) is 142 Å². The first-order valence-corrected chi connectivity index (χ1v) is 21.2. The Labute approximate surface area is 319 Å². The molecule has 1 unspecified atom stereocenters. The number of nitrogens with zero attached hydrogens (tertiary/aromatic N) is 3. The fourth-order valence-electron chi connectivity index (χ4n) is 13.8. The van der Waals surface area contributed by atoms with Crippen molar-refractivity contribution in [1.29, 1.82) is 0 Å². The standard InChI is InChI=1S/C45H69N5O3/c1-10-11-23-53-39(51)45-17-15-40(2,3)27-32(45)36-30(29-13-24-52-33(29)28-50-21-19-49(9)20-22-50)25-35-42(6)26-31-37(47-48-38(31)46)41(4,5)34(42)12-14-43(35,7)44(36,8)16-18-45/h13,24,32,34-35H,10-12,14-23,25-28H2,1-9H3,(H3,46,47,48)/t32-,34-,35?,42-,43+,44+,45-/m0/s1. The molecule has 2 aromatic rings. The molecule has 7 atom stereocenters. The zero-order chi connectivity index (χ0) is 37.8. The predicted octanol–water partition coefficient (Wildman–Crippen LogP) is 9.02. The highest BCUT2D eigenvalue weighted by Gasteiger charge is 2.70. The lowest BCUT2D eigenvalue weighted by Gasteiger charge is -2.71. The quantitative estimate of drug-likeness (QED) is 0.217. The SMILES string of the molecule is CCCCOC(=O)[C@]12CCC(C)(C)C[C@H]1C1=C(c3ccoc3CN3CCN(C)CC3)CC3[C@@]4(C)Cc5c(N)n[nH]c5C(C)(C)[C@@H]4CC[C@@]3(C)[C@]1(C)CC2. The normalized spacial score (nSPS) is 37.9. The molecule has 3 heterocycles. The lowest BCUT2D eigenvalue weighted by molar-refractivity contribution is -0.180. The molecule has 53 heavy (non-hydrogen) atoms. The van der Waals surface area contributed by atoms with Gasteiger partial charge in [-0.1, -0.05) is 67.4 Å². The number of hydrogen-bond acceptors (Lipinski definition) is 7. The number of unbranched alkanes of at least 4 members (excludes halogenated alkanes) is 1. The number of nitrogen functional groups attached to an aromatic ring is 1. The molecule has 1 aliphatic heterocycles. The number of rotatable bonds is 7. The first kappa shape index (κ1) is 37.3. The number of nitrogens with two attached hydrogens (primary N) is 1. The third-order valence-electron chi connectivity index (χ3n) is 17.1. The fraction of sp³-hybridized carbons (Fsp3) is 0.778. The highest BCUT2D eigenvalue weighted by molar-refractivity contribution is 5.82. The second-order valence-corrected chi connectivity index (χ2v) is 20.8. The van der Waals surface area contributed by atoms with E-state index in [1.54, 1.807) is 5.57 Å². The molecule has 0 bridgehead atoms. The molecule has 0 radical (unpaired) electrons. The number of anilines is 1. The van der Waals surface area contributed by atoms with Crippen molar-refractivity contribution < 1.29 is 13.9 Å². The minimum atomic E-state index is -0.470. The zero-order valence-corrected chi connectivity index (χ0v) is 34.6. The molecular weight excluding hydrogens is 659 g/mol. The van der Waals surface area contributed by atoms with Gasteiger partial charge in [0, 0.05) is 48.4 Å². The highest BCUT2D eigenvalue weighted by atomic mass is 16.5. The molecule has 1 saturated heterocycles. The number of likely N-dealkylation sites (N-methyl/N-ethyl adjacent to an activating group) is 1. The van der Waals surface area contributed by atoms with Crippen molar-refractivity contribution in [2.75, 3.05) is 45.6 Å². The molecule has 3 saturated carbocycles. The molecule has 2 aromatic heterocycles. The van der Waals surface area contributed by atoms with Crippen LogP contribution < -0.4 is 5.73 Å². The summed E-state index contributed by atoms with van der Waals surface area (Å²) < 4.78 is 12.8. The molecule has 8 heteroatoms. The second-order valence-electron chi connectivity index (χ2n) is 20.8. The third-order valence-corrected chi connectivity index (χ3v) is 17.1. The van der Waals surface area contributed by atoms with E-state index < -0.39 is 5.41 Å². The van der Waals surface area contributed by atoms with Crippen LogP contribution in [0, 0.1) is 44.8 Å². The van der Waals surface area contributed by atoms with Gasteiger partial charge in [-0.05, 0) is 122 Å². The van der Waals surface area contributed by atoms with E-state index >= 15 is 0 Å². The number of H-pyrrole nitrogens is 1. The van der Waals surface area contributed by atoms with E-state index in [-0.39, 0.29) is 39.0 Å². The Morgan fingerprint density at radius 3 is 2.49 bits per heavy atom. The fourth-order valence-corrected chi connectivity index (χ4v) is 13.8. The van der Waals surface area contributed by atoms with E-state index in [4.69, 9.17) is 14.9 Å². The third kappa shape index (κ3) is 5.48. The van der Waals surface area contributed by atoms with Crippen LogP contribution in [0.5, 0.6) is 0 Å². The highest BCUT2D eigenvalue weighted by Crippen LogP contribution is 2.77. The van der Waals surface area contributed by atoms with Gasteiger partial charge < -0.3 is 19.8 Å². The van der Waals surface area contributed by atoms with Crippen molar-refractivity contribution in [2.24, 2.45) is 44.8 Å². The molecule has 8 nitrogen and oxygen atoms in total. The number of fused-ring (bicyclic) bond motifs is 8. The van der Waals surface area contributed by atoms with E-state index in [1.807, 2.05) is 6.26 Å². The average Bonchev–Trinajstić information content (AvgIpc) is 3.72. The number of esters is 1. The van der Waals surface area contributed by atoms with Crippen molar-refractivity contribution in [3.63, 3.8) is 0 Å². The van der Waals surface area contributed by atoms with Gasteiger partial charge in [0.15, 0.2) is 0 Å². The van der Waals surface area contributed by atoms with Gasteiger partial charge in [0.2, 0.25) is 0 Å². The number of aromatic nitrogens is 2. The summed E-state index contributed by atoms with van der Waals surface area (Å²) in [6, 6.07) is 2.29. The number of furan rings is 1. The van der Waals surface area contributed by atoms with Gasteiger partial charge in [-0.2, -0.15) is 5.10 Å². The molecule has 8 rings (SSSR count). The van der Waals surface area contributed by atoms with Gasteiger partial charge in [0.1, 0.15) is 11.6 Å². The van der Waals surface area contributed by atoms with Gasteiger partial charge >= 0.3 is 5.97 Å². The van der Waals surface area contributed by atoms with Crippen LogP contribution in [0.3, 0.4) is 0 Å². The summed E-state index contributed by atoms with van der Waals surface area (Å²) >= 11 is 0. The van der Waals surface area contributed by atoms with Crippen molar-refractivity contribution in [1.82, 2.24) is 20.0 Å². The van der Waals surface area contributed by atoms with Crippen molar-refractivity contribution in [3.8, 4) is 0 Å². The number of carbonyl (C=O) groups is 1. The van der Waals surface area contributed by atoms with Crippen LogP contribution in [-0.2, 0) is 27.9 Å². The van der Waals surface area contributed by atoms with Crippen molar-refractivity contribution >= 4 is 17.4 Å². The van der Waals surface area contributed by atoms with Crippen LogP contribution in [0.2, 0.25) is 0 Å². The van der Waals surface area contributed by atoms with E-state index in [9.17, 15) is 4.79 Å².